The monoisotopic (exact) mass is 495 g/mol. The second-order valence-electron chi connectivity index (χ2n) is 9.30. The van der Waals surface area contributed by atoms with E-state index in [1.807, 2.05) is 25.6 Å². The minimum absolute atomic E-state index is 0.0428. The fraction of sp³-hybridized carbons (Fsp3) is 0.900. The van der Waals surface area contributed by atoms with E-state index in [-0.39, 0.29) is 54.5 Å². The summed E-state index contributed by atoms with van der Waals surface area (Å²) >= 11 is 1.85. The molecule has 4 atom stereocenters. The van der Waals surface area contributed by atoms with Crippen LogP contribution in [0.15, 0.2) is 0 Å². The number of phosphoric acid groups is 1. The predicted molar refractivity (Wildman–Crippen MR) is 124 cm³/mol. The summed E-state index contributed by atoms with van der Waals surface area (Å²) in [5.41, 5.74) is -0.724. The predicted octanol–water partition coefficient (Wildman–Crippen LogP) is 2.53. The topological polar surface area (TPSA) is 124 Å². The van der Waals surface area contributed by atoms with E-state index in [1.165, 1.54) is 7.11 Å². The SMILES string of the molecule is CCOP(=O)(OC)OCCOCCNC(=O)C(C)(C)CC(C)(C)C1SCC2NC(=O)NC21. The zero-order chi connectivity index (χ0) is 24.0. The maximum Gasteiger partial charge on any atom is 0.474 e. The quantitative estimate of drug-likeness (QED) is 0.191. The summed E-state index contributed by atoms with van der Waals surface area (Å²) in [4.78, 5) is 24.5. The molecule has 2 heterocycles. The number of ether oxygens (including phenoxy) is 1. The molecule has 0 aliphatic carbocycles. The summed E-state index contributed by atoms with van der Waals surface area (Å²) in [6, 6.07) is 0.140. The molecule has 12 heteroatoms. The number of hydrogen-bond donors (Lipinski definition) is 3. The summed E-state index contributed by atoms with van der Waals surface area (Å²) in [6.07, 6.45) is 0.682. The first kappa shape index (κ1) is 27.4. The van der Waals surface area contributed by atoms with Crippen molar-refractivity contribution in [2.45, 2.75) is 58.4 Å². The van der Waals surface area contributed by atoms with Crippen LogP contribution >= 0.6 is 19.6 Å². The van der Waals surface area contributed by atoms with E-state index < -0.39 is 13.2 Å². The highest BCUT2D eigenvalue weighted by Gasteiger charge is 2.51. The van der Waals surface area contributed by atoms with Crippen molar-refractivity contribution >= 4 is 31.5 Å². The van der Waals surface area contributed by atoms with Crippen molar-refractivity contribution in [3.63, 3.8) is 0 Å². The molecule has 2 saturated heterocycles. The minimum Gasteiger partial charge on any atom is -0.377 e. The average Bonchev–Trinajstić information content (AvgIpc) is 3.25. The van der Waals surface area contributed by atoms with Crippen molar-refractivity contribution in [1.82, 2.24) is 16.0 Å². The van der Waals surface area contributed by atoms with Gasteiger partial charge in [0.1, 0.15) is 0 Å². The van der Waals surface area contributed by atoms with Crippen LogP contribution in [0, 0.1) is 10.8 Å². The second kappa shape index (κ2) is 11.5. The average molecular weight is 496 g/mol. The first-order valence-corrected chi connectivity index (χ1v) is 13.4. The molecule has 2 aliphatic rings. The van der Waals surface area contributed by atoms with Crippen LogP contribution in [-0.4, -0.2) is 75.1 Å². The molecule has 186 valence electrons. The molecule has 0 aromatic carbocycles. The highest BCUT2D eigenvalue weighted by molar-refractivity contribution is 8.00. The molecule has 0 radical (unpaired) electrons. The molecule has 2 rings (SSSR count). The Bertz CT molecular complexity index is 707. The lowest BCUT2D eigenvalue weighted by Gasteiger charge is -2.39. The summed E-state index contributed by atoms with van der Waals surface area (Å²) < 4.78 is 32.2. The lowest BCUT2D eigenvalue weighted by Crippen LogP contribution is -2.48. The third kappa shape index (κ3) is 7.33. The second-order valence-corrected chi connectivity index (χ2v) is 12.3. The molecule has 3 amide bonds. The van der Waals surface area contributed by atoms with Crippen molar-refractivity contribution in [2.24, 2.45) is 10.8 Å². The van der Waals surface area contributed by atoms with Gasteiger partial charge in [0.05, 0.1) is 38.5 Å². The van der Waals surface area contributed by atoms with Crippen LogP contribution in [0.4, 0.5) is 4.79 Å². The molecular formula is C20H38N3O7PS. The number of carbonyl (C=O) groups excluding carboxylic acids is 2. The van der Waals surface area contributed by atoms with Gasteiger partial charge in [-0.1, -0.05) is 27.7 Å². The summed E-state index contributed by atoms with van der Waals surface area (Å²) in [5, 5.41) is 9.17. The largest absolute Gasteiger partial charge is 0.474 e. The Labute approximate surface area is 195 Å². The summed E-state index contributed by atoms with van der Waals surface area (Å²) in [6.45, 7) is 11.1. The van der Waals surface area contributed by atoms with Gasteiger partial charge in [0.15, 0.2) is 0 Å². The number of amides is 3. The number of phosphoric ester groups is 1. The van der Waals surface area contributed by atoms with Gasteiger partial charge in [-0.05, 0) is 18.8 Å². The minimum atomic E-state index is -3.51. The molecular weight excluding hydrogens is 457 g/mol. The third-order valence-electron chi connectivity index (χ3n) is 5.63. The van der Waals surface area contributed by atoms with Crippen LogP contribution in [0.5, 0.6) is 0 Å². The molecule has 0 aromatic heterocycles. The van der Waals surface area contributed by atoms with Gasteiger partial charge >= 0.3 is 13.9 Å². The van der Waals surface area contributed by atoms with E-state index >= 15 is 0 Å². The Morgan fingerprint density at radius 2 is 1.91 bits per heavy atom. The molecule has 32 heavy (non-hydrogen) atoms. The van der Waals surface area contributed by atoms with E-state index in [4.69, 9.17) is 18.3 Å². The van der Waals surface area contributed by atoms with E-state index in [0.29, 0.717) is 19.6 Å². The molecule has 4 unspecified atom stereocenters. The first-order chi connectivity index (χ1) is 14.9. The molecule has 2 fully saturated rings. The van der Waals surface area contributed by atoms with Crippen LogP contribution in [0.3, 0.4) is 0 Å². The van der Waals surface area contributed by atoms with Crippen LogP contribution < -0.4 is 16.0 Å². The van der Waals surface area contributed by atoms with Gasteiger partial charge in [-0.2, -0.15) is 11.8 Å². The Morgan fingerprint density at radius 1 is 1.19 bits per heavy atom. The Balaban J connectivity index is 1.71. The Kier molecular flexibility index (Phi) is 9.87. The number of thioether (sulfide) groups is 1. The van der Waals surface area contributed by atoms with Crippen LogP contribution in [0.1, 0.15) is 41.0 Å². The summed E-state index contributed by atoms with van der Waals surface area (Å²) in [5.74, 6) is 0.842. The van der Waals surface area contributed by atoms with Crippen molar-refractivity contribution in [3.8, 4) is 0 Å². The number of carbonyl (C=O) groups is 2. The number of fused-ring (bicyclic) bond motifs is 1. The normalized spacial score (nSPS) is 25.1. The smallest absolute Gasteiger partial charge is 0.377 e. The van der Waals surface area contributed by atoms with Gasteiger partial charge in [0.2, 0.25) is 5.91 Å². The van der Waals surface area contributed by atoms with Crippen molar-refractivity contribution in [3.05, 3.63) is 0 Å². The number of urea groups is 1. The summed E-state index contributed by atoms with van der Waals surface area (Å²) in [7, 11) is -2.25. The van der Waals surface area contributed by atoms with E-state index in [2.05, 4.69) is 29.8 Å². The highest BCUT2D eigenvalue weighted by atomic mass is 32.2. The fourth-order valence-corrected chi connectivity index (χ4v) is 7.02. The maximum atomic E-state index is 12.8. The van der Waals surface area contributed by atoms with Crippen LogP contribution in [0.25, 0.3) is 0 Å². The van der Waals surface area contributed by atoms with Gasteiger partial charge in [0, 0.05) is 30.1 Å². The molecule has 0 bridgehead atoms. The number of hydrogen-bond acceptors (Lipinski definition) is 8. The number of rotatable bonds is 14. The molecule has 0 aromatic rings. The molecule has 3 N–H and O–H groups in total. The lowest BCUT2D eigenvalue weighted by atomic mass is 9.71. The molecule has 10 nitrogen and oxygen atoms in total. The molecule has 0 saturated carbocycles. The van der Waals surface area contributed by atoms with Crippen molar-refractivity contribution in [1.29, 1.82) is 0 Å². The van der Waals surface area contributed by atoms with Gasteiger partial charge in [0.25, 0.3) is 0 Å². The Morgan fingerprint density at radius 3 is 2.56 bits per heavy atom. The zero-order valence-corrected chi connectivity index (χ0v) is 21.6. The fourth-order valence-electron chi connectivity index (χ4n) is 4.41. The molecule has 0 spiro atoms. The van der Waals surface area contributed by atoms with Gasteiger partial charge in [-0.25, -0.2) is 9.36 Å². The van der Waals surface area contributed by atoms with Crippen LogP contribution in [0.2, 0.25) is 0 Å². The lowest BCUT2D eigenvalue weighted by molar-refractivity contribution is -0.131. The van der Waals surface area contributed by atoms with Crippen molar-refractivity contribution < 1.29 is 32.5 Å². The maximum absolute atomic E-state index is 12.8. The number of nitrogens with one attached hydrogen (secondary N) is 3. The standard InChI is InChI=1S/C20H38N3O7PS/c1-7-29-31(26,27-6)30-11-10-28-9-8-21-17(24)20(4,5)13-19(2,3)16-15-14(12-32-16)22-18(25)23-15/h14-16H,7-13H2,1-6H3,(H,21,24)(H2,22,23,25). The third-order valence-corrected chi connectivity index (χ3v) is 8.99. The van der Waals surface area contributed by atoms with Gasteiger partial charge in [-0.3, -0.25) is 18.4 Å². The van der Waals surface area contributed by atoms with Crippen molar-refractivity contribution in [2.75, 3.05) is 45.8 Å². The molecule has 2 aliphatic heterocycles. The van der Waals surface area contributed by atoms with Crippen LogP contribution in [-0.2, 0) is 27.7 Å². The van der Waals surface area contributed by atoms with E-state index in [9.17, 15) is 14.2 Å². The highest BCUT2D eigenvalue weighted by Crippen LogP contribution is 2.48. The van der Waals surface area contributed by atoms with Gasteiger partial charge < -0.3 is 20.7 Å². The Hall–Kier alpha value is -0.840. The first-order valence-electron chi connectivity index (χ1n) is 10.9. The zero-order valence-electron chi connectivity index (χ0n) is 19.9. The van der Waals surface area contributed by atoms with E-state index in [0.717, 1.165) is 5.75 Å². The van der Waals surface area contributed by atoms with Gasteiger partial charge in [-0.15, -0.1) is 0 Å². The van der Waals surface area contributed by atoms with E-state index in [1.54, 1.807) is 6.92 Å².